The minimum Gasteiger partial charge on any atom is -0.403 e. The van der Waals surface area contributed by atoms with Crippen molar-refractivity contribution in [1.82, 2.24) is 10.2 Å². The molecule has 2 aromatic heterocycles. The van der Waals surface area contributed by atoms with Crippen molar-refractivity contribution in [1.29, 1.82) is 5.26 Å². The standard InChI is InChI=1S/C20H12N4O2S/c21-12-13-4-1-6-15(10-13)18(25)22-20-24-23-19(26-20)16-7-2-5-14(11-16)17-8-3-9-27-17/h1-11H,(H,22,24,25). The van der Waals surface area contributed by atoms with Gasteiger partial charge in [-0.15, -0.1) is 16.4 Å². The fourth-order valence-corrected chi connectivity index (χ4v) is 3.26. The van der Waals surface area contributed by atoms with Crippen molar-refractivity contribution in [3.8, 4) is 28.0 Å². The van der Waals surface area contributed by atoms with Crippen LogP contribution in [0.5, 0.6) is 0 Å². The lowest BCUT2D eigenvalue weighted by Gasteiger charge is -2.01. The van der Waals surface area contributed by atoms with Crippen LogP contribution in [-0.2, 0) is 0 Å². The molecule has 0 unspecified atom stereocenters. The molecule has 1 amide bonds. The number of anilines is 1. The van der Waals surface area contributed by atoms with Crippen molar-refractivity contribution >= 4 is 23.3 Å². The molecular formula is C20H12N4O2S. The number of aromatic nitrogens is 2. The van der Waals surface area contributed by atoms with Gasteiger partial charge in [-0.05, 0) is 47.3 Å². The van der Waals surface area contributed by atoms with E-state index in [0.29, 0.717) is 17.0 Å². The third-order valence-electron chi connectivity index (χ3n) is 3.81. The van der Waals surface area contributed by atoms with Crippen LogP contribution >= 0.6 is 11.3 Å². The van der Waals surface area contributed by atoms with E-state index in [1.165, 1.54) is 6.07 Å². The molecule has 0 fully saturated rings. The van der Waals surface area contributed by atoms with Crippen LogP contribution < -0.4 is 5.32 Å². The first-order valence-electron chi connectivity index (χ1n) is 8.02. The zero-order valence-electron chi connectivity index (χ0n) is 13.9. The average Bonchev–Trinajstić information content (AvgIpc) is 3.40. The Labute approximate surface area is 158 Å². The summed E-state index contributed by atoms with van der Waals surface area (Å²) in [5.41, 5.74) is 2.56. The first-order chi connectivity index (χ1) is 13.2. The van der Waals surface area contributed by atoms with Gasteiger partial charge in [0.15, 0.2) is 0 Å². The molecule has 1 N–H and O–H groups in total. The van der Waals surface area contributed by atoms with E-state index in [9.17, 15) is 4.79 Å². The maximum absolute atomic E-state index is 12.3. The number of benzene rings is 2. The van der Waals surface area contributed by atoms with Gasteiger partial charge in [-0.25, -0.2) is 0 Å². The fraction of sp³-hybridized carbons (Fsp3) is 0. The molecule has 0 saturated heterocycles. The molecular weight excluding hydrogens is 360 g/mol. The number of hydrogen-bond acceptors (Lipinski definition) is 6. The average molecular weight is 372 g/mol. The molecule has 2 aromatic carbocycles. The number of hydrogen-bond donors (Lipinski definition) is 1. The fourth-order valence-electron chi connectivity index (χ4n) is 2.54. The van der Waals surface area contributed by atoms with Gasteiger partial charge in [0.1, 0.15) is 0 Å². The van der Waals surface area contributed by atoms with Crippen LogP contribution in [-0.4, -0.2) is 16.1 Å². The topological polar surface area (TPSA) is 91.8 Å². The minimum absolute atomic E-state index is 0.00103. The summed E-state index contributed by atoms with van der Waals surface area (Å²) >= 11 is 1.65. The molecule has 0 radical (unpaired) electrons. The number of rotatable bonds is 4. The van der Waals surface area contributed by atoms with Gasteiger partial charge in [-0.2, -0.15) is 5.26 Å². The highest BCUT2D eigenvalue weighted by molar-refractivity contribution is 7.13. The van der Waals surface area contributed by atoms with Gasteiger partial charge in [-0.3, -0.25) is 10.1 Å². The van der Waals surface area contributed by atoms with Gasteiger partial charge in [0.2, 0.25) is 5.89 Å². The molecule has 0 aliphatic heterocycles. The molecule has 4 aromatic rings. The Morgan fingerprint density at radius 1 is 1.04 bits per heavy atom. The van der Waals surface area contributed by atoms with Crippen LogP contribution in [0.3, 0.4) is 0 Å². The summed E-state index contributed by atoms with van der Waals surface area (Å²) in [6.07, 6.45) is 0. The SMILES string of the molecule is N#Cc1cccc(C(=O)Nc2nnc(-c3cccc(-c4cccs4)c3)o2)c1. The zero-order chi connectivity index (χ0) is 18.6. The third kappa shape index (κ3) is 3.61. The summed E-state index contributed by atoms with van der Waals surface area (Å²) in [5, 5.41) is 21.4. The zero-order valence-corrected chi connectivity index (χ0v) is 14.7. The Morgan fingerprint density at radius 2 is 1.89 bits per heavy atom. The van der Waals surface area contributed by atoms with Crippen molar-refractivity contribution < 1.29 is 9.21 Å². The molecule has 130 valence electrons. The second-order valence-corrected chi connectivity index (χ2v) is 6.56. The van der Waals surface area contributed by atoms with Crippen LogP contribution in [0, 0.1) is 11.3 Å². The summed E-state index contributed by atoms with van der Waals surface area (Å²) in [7, 11) is 0. The van der Waals surface area contributed by atoms with Crippen molar-refractivity contribution in [2.75, 3.05) is 5.32 Å². The molecule has 0 atom stereocenters. The van der Waals surface area contributed by atoms with E-state index >= 15 is 0 Å². The number of amides is 1. The highest BCUT2D eigenvalue weighted by Crippen LogP contribution is 2.29. The molecule has 0 spiro atoms. The Bertz CT molecular complexity index is 1140. The van der Waals surface area contributed by atoms with Crippen molar-refractivity contribution in [3.63, 3.8) is 0 Å². The van der Waals surface area contributed by atoms with Gasteiger partial charge in [-0.1, -0.05) is 29.4 Å². The Hall–Kier alpha value is -3.76. The summed E-state index contributed by atoms with van der Waals surface area (Å²) in [4.78, 5) is 13.4. The Kier molecular flexibility index (Phi) is 4.47. The molecule has 6 nitrogen and oxygen atoms in total. The van der Waals surface area contributed by atoms with E-state index in [1.807, 2.05) is 47.8 Å². The van der Waals surface area contributed by atoms with E-state index in [4.69, 9.17) is 9.68 Å². The van der Waals surface area contributed by atoms with Gasteiger partial charge < -0.3 is 4.42 Å². The summed E-state index contributed by atoms with van der Waals surface area (Å²) in [6, 6.07) is 20.2. The lowest BCUT2D eigenvalue weighted by molar-refractivity contribution is 0.102. The molecule has 0 aliphatic rings. The lowest BCUT2D eigenvalue weighted by Crippen LogP contribution is -2.12. The predicted molar refractivity (Wildman–Crippen MR) is 102 cm³/mol. The van der Waals surface area contributed by atoms with Gasteiger partial charge in [0.25, 0.3) is 5.91 Å². The van der Waals surface area contributed by atoms with Gasteiger partial charge in [0, 0.05) is 16.0 Å². The van der Waals surface area contributed by atoms with E-state index in [0.717, 1.165) is 16.0 Å². The monoisotopic (exact) mass is 372 g/mol. The van der Waals surface area contributed by atoms with Gasteiger partial charge >= 0.3 is 6.01 Å². The van der Waals surface area contributed by atoms with Crippen LogP contribution in [0.25, 0.3) is 21.9 Å². The van der Waals surface area contributed by atoms with Crippen LogP contribution in [0.1, 0.15) is 15.9 Å². The normalized spacial score (nSPS) is 10.3. The van der Waals surface area contributed by atoms with Crippen LogP contribution in [0.2, 0.25) is 0 Å². The largest absolute Gasteiger partial charge is 0.403 e. The Morgan fingerprint density at radius 3 is 2.70 bits per heavy atom. The van der Waals surface area contributed by atoms with Crippen LogP contribution in [0.15, 0.2) is 70.5 Å². The molecule has 7 heteroatoms. The number of nitrogens with zero attached hydrogens (tertiary/aromatic N) is 3. The number of carbonyl (C=O) groups is 1. The van der Waals surface area contributed by atoms with E-state index < -0.39 is 5.91 Å². The smallest absolute Gasteiger partial charge is 0.322 e. The van der Waals surface area contributed by atoms with E-state index in [-0.39, 0.29) is 6.01 Å². The second-order valence-electron chi connectivity index (χ2n) is 5.62. The number of nitriles is 1. The summed E-state index contributed by atoms with van der Waals surface area (Å²) < 4.78 is 5.57. The highest BCUT2D eigenvalue weighted by Gasteiger charge is 2.14. The van der Waals surface area contributed by atoms with Gasteiger partial charge in [0.05, 0.1) is 11.6 Å². The molecule has 0 aliphatic carbocycles. The maximum atomic E-state index is 12.3. The third-order valence-corrected chi connectivity index (χ3v) is 4.73. The summed E-state index contributed by atoms with van der Waals surface area (Å²) in [5.74, 6) is -0.107. The molecule has 2 heterocycles. The number of carbonyl (C=O) groups excluding carboxylic acids is 1. The quantitative estimate of drug-likeness (QED) is 0.566. The predicted octanol–water partition coefficient (Wildman–Crippen LogP) is 4.59. The van der Waals surface area contributed by atoms with Crippen molar-refractivity contribution in [2.24, 2.45) is 0 Å². The minimum atomic E-state index is -0.422. The molecule has 4 rings (SSSR count). The number of nitrogens with one attached hydrogen (secondary N) is 1. The second kappa shape index (κ2) is 7.23. The van der Waals surface area contributed by atoms with Crippen LogP contribution in [0.4, 0.5) is 6.01 Å². The van der Waals surface area contributed by atoms with Crippen molar-refractivity contribution in [2.45, 2.75) is 0 Å². The van der Waals surface area contributed by atoms with E-state index in [2.05, 4.69) is 15.5 Å². The van der Waals surface area contributed by atoms with E-state index in [1.54, 1.807) is 29.5 Å². The Balaban J connectivity index is 1.54. The highest BCUT2D eigenvalue weighted by atomic mass is 32.1. The molecule has 0 bridgehead atoms. The first-order valence-corrected chi connectivity index (χ1v) is 8.90. The molecule has 27 heavy (non-hydrogen) atoms. The number of thiophene rings is 1. The summed E-state index contributed by atoms with van der Waals surface area (Å²) in [6.45, 7) is 0. The lowest BCUT2D eigenvalue weighted by atomic mass is 10.1. The van der Waals surface area contributed by atoms with Crippen molar-refractivity contribution in [3.05, 3.63) is 77.2 Å². The maximum Gasteiger partial charge on any atom is 0.322 e. The molecule has 0 saturated carbocycles. The first kappa shape index (κ1) is 16.7.